The highest BCUT2D eigenvalue weighted by Crippen LogP contribution is 2.20. The smallest absolute Gasteiger partial charge is 0.251 e. The van der Waals surface area contributed by atoms with Gasteiger partial charge in [0.2, 0.25) is 0 Å². The minimum atomic E-state index is -0.147. The number of carbonyl (C=O) groups is 1. The average Bonchev–Trinajstić information content (AvgIpc) is 2.66. The van der Waals surface area contributed by atoms with Gasteiger partial charge in [0.05, 0.1) is 25.0 Å². The third kappa shape index (κ3) is 4.42. The largest absolute Gasteiger partial charge is 0.497 e. The van der Waals surface area contributed by atoms with Gasteiger partial charge in [0, 0.05) is 15.6 Å². The highest BCUT2D eigenvalue weighted by Gasteiger charge is 2.07. The Morgan fingerprint density at radius 1 is 1.12 bits per heavy atom. The van der Waals surface area contributed by atoms with Crippen LogP contribution in [0.2, 0.25) is 0 Å². The first-order valence-corrected chi connectivity index (χ1v) is 8.44. The third-order valence-electron chi connectivity index (χ3n) is 3.63. The number of rotatable bonds is 5. The molecular formula is C19H16BrN3O2. The van der Waals surface area contributed by atoms with Crippen LogP contribution in [0.5, 0.6) is 5.75 Å². The normalized spacial score (nSPS) is 10.3. The van der Waals surface area contributed by atoms with Gasteiger partial charge in [-0.3, -0.25) is 4.79 Å². The number of halogens is 1. The SMILES string of the molecule is COc1ccc(-c2cc(CNC(=O)c3cccc(Br)c3)ncn2)cc1. The Kier molecular flexibility index (Phi) is 5.40. The molecule has 0 saturated carbocycles. The van der Waals surface area contributed by atoms with Gasteiger partial charge in [0.15, 0.2) is 0 Å². The Bertz CT molecular complexity index is 882. The number of ether oxygens (including phenoxy) is 1. The van der Waals surface area contributed by atoms with E-state index in [1.54, 1.807) is 19.2 Å². The molecule has 0 bridgehead atoms. The topological polar surface area (TPSA) is 64.1 Å². The van der Waals surface area contributed by atoms with Crippen LogP contribution in [0.4, 0.5) is 0 Å². The average molecular weight is 398 g/mol. The first-order valence-electron chi connectivity index (χ1n) is 7.65. The van der Waals surface area contributed by atoms with Gasteiger partial charge >= 0.3 is 0 Å². The Balaban J connectivity index is 1.70. The van der Waals surface area contributed by atoms with Crippen LogP contribution in [-0.2, 0) is 6.54 Å². The molecule has 126 valence electrons. The van der Waals surface area contributed by atoms with Crippen LogP contribution < -0.4 is 10.1 Å². The maximum absolute atomic E-state index is 12.2. The minimum Gasteiger partial charge on any atom is -0.497 e. The van der Waals surface area contributed by atoms with Gasteiger partial charge in [-0.2, -0.15) is 0 Å². The Morgan fingerprint density at radius 3 is 2.64 bits per heavy atom. The molecule has 6 heteroatoms. The number of amides is 1. The predicted octanol–water partition coefficient (Wildman–Crippen LogP) is 3.84. The van der Waals surface area contributed by atoms with Crippen molar-refractivity contribution in [1.82, 2.24) is 15.3 Å². The summed E-state index contributed by atoms with van der Waals surface area (Å²) >= 11 is 3.36. The van der Waals surface area contributed by atoms with Crippen molar-refractivity contribution in [3.05, 3.63) is 76.7 Å². The number of hydrogen-bond acceptors (Lipinski definition) is 4. The molecule has 0 aliphatic rings. The van der Waals surface area contributed by atoms with Crippen LogP contribution in [0.15, 0.2) is 65.4 Å². The first kappa shape index (κ1) is 17.1. The lowest BCUT2D eigenvalue weighted by Crippen LogP contribution is -2.23. The number of nitrogens with one attached hydrogen (secondary N) is 1. The Labute approximate surface area is 154 Å². The lowest BCUT2D eigenvalue weighted by atomic mass is 10.1. The molecule has 25 heavy (non-hydrogen) atoms. The van der Waals surface area contributed by atoms with Gasteiger partial charge in [-0.25, -0.2) is 9.97 Å². The molecule has 0 atom stereocenters. The van der Waals surface area contributed by atoms with E-state index in [4.69, 9.17) is 4.74 Å². The zero-order valence-electron chi connectivity index (χ0n) is 13.6. The van der Waals surface area contributed by atoms with Crippen LogP contribution in [0.25, 0.3) is 11.3 Å². The first-order chi connectivity index (χ1) is 12.2. The molecule has 1 aromatic heterocycles. The van der Waals surface area contributed by atoms with E-state index in [0.29, 0.717) is 12.1 Å². The molecule has 1 amide bonds. The van der Waals surface area contributed by atoms with Crippen molar-refractivity contribution in [3.63, 3.8) is 0 Å². The maximum Gasteiger partial charge on any atom is 0.251 e. The van der Waals surface area contributed by atoms with Crippen LogP contribution in [-0.4, -0.2) is 23.0 Å². The summed E-state index contributed by atoms with van der Waals surface area (Å²) in [4.78, 5) is 20.7. The van der Waals surface area contributed by atoms with E-state index in [9.17, 15) is 4.79 Å². The summed E-state index contributed by atoms with van der Waals surface area (Å²) < 4.78 is 6.03. The second-order valence-electron chi connectivity index (χ2n) is 5.32. The molecule has 5 nitrogen and oxygen atoms in total. The van der Waals surface area contributed by atoms with E-state index in [-0.39, 0.29) is 5.91 Å². The standard InChI is InChI=1S/C19H16BrN3O2/c1-25-17-7-5-13(6-8-17)18-10-16(22-12-23-18)11-21-19(24)14-3-2-4-15(20)9-14/h2-10,12H,11H2,1H3,(H,21,24). The van der Waals surface area contributed by atoms with E-state index in [0.717, 1.165) is 27.2 Å². The van der Waals surface area contributed by atoms with Crippen LogP contribution >= 0.6 is 15.9 Å². The summed E-state index contributed by atoms with van der Waals surface area (Å²) in [7, 11) is 1.63. The highest BCUT2D eigenvalue weighted by molar-refractivity contribution is 9.10. The molecule has 0 aliphatic carbocycles. The van der Waals surface area contributed by atoms with Crippen molar-refractivity contribution < 1.29 is 9.53 Å². The van der Waals surface area contributed by atoms with Crippen molar-refractivity contribution in [2.45, 2.75) is 6.54 Å². The molecule has 0 unspecified atom stereocenters. The molecule has 1 heterocycles. The van der Waals surface area contributed by atoms with Gasteiger partial charge in [-0.05, 0) is 48.5 Å². The second-order valence-corrected chi connectivity index (χ2v) is 6.23. The number of carbonyl (C=O) groups excluding carboxylic acids is 1. The van der Waals surface area contributed by atoms with Gasteiger partial charge in [0.1, 0.15) is 12.1 Å². The van der Waals surface area contributed by atoms with Gasteiger partial charge in [-0.15, -0.1) is 0 Å². The zero-order valence-corrected chi connectivity index (χ0v) is 15.2. The summed E-state index contributed by atoms with van der Waals surface area (Å²) in [6, 6.07) is 16.7. The highest BCUT2D eigenvalue weighted by atomic mass is 79.9. The number of benzene rings is 2. The van der Waals surface area contributed by atoms with Gasteiger partial charge in [-0.1, -0.05) is 22.0 Å². The van der Waals surface area contributed by atoms with Crippen molar-refractivity contribution in [3.8, 4) is 17.0 Å². The minimum absolute atomic E-state index is 0.147. The van der Waals surface area contributed by atoms with Crippen molar-refractivity contribution >= 4 is 21.8 Å². The molecule has 3 rings (SSSR count). The fourth-order valence-corrected chi connectivity index (χ4v) is 2.72. The Hall–Kier alpha value is -2.73. The Morgan fingerprint density at radius 2 is 1.92 bits per heavy atom. The lowest BCUT2D eigenvalue weighted by Gasteiger charge is -2.07. The number of nitrogens with zero attached hydrogens (tertiary/aromatic N) is 2. The zero-order chi connectivity index (χ0) is 17.6. The summed E-state index contributed by atoms with van der Waals surface area (Å²) in [5, 5.41) is 2.87. The summed E-state index contributed by atoms with van der Waals surface area (Å²) in [5.74, 6) is 0.644. The maximum atomic E-state index is 12.2. The quantitative estimate of drug-likeness (QED) is 0.709. The molecule has 0 radical (unpaired) electrons. The molecule has 1 N–H and O–H groups in total. The van der Waals surface area contributed by atoms with Gasteiger partial charge < -0.3 is 10.1 Å². The monoisotopic (exact) mass is 397 g/mol. The van der Waals surface area contributed by atoms with E-state index < -0.39 is 0 Å². The number of aromatic nitrogens is 2. The predicted molar refractivity (Wildman–Crippen MR) is 99.3 cm³/mol. The molecule has 0 aliphatic heterocycles. The number of methoxy groups -OCH3 is 1. The van der Waals surface area contributed by atoms with E-state index >= 15 is 0 Å². The molecule has 3 aromatic rings. The van der Waals surface area contributed by atoms with Crippen LogP contribution in [0, 0.1) is 0 Å². The summed E-state index contributed by atoms with van der Waals surface area (Å²) in [6.45, 7) is 0.330. The van der Waals surface area contributed by atoms with Crippen LogP contribution in [0.1, 0.15) is 16.1 Å². The van der Waals surface area contributed by atoms with E-state index in [1.807, 2.05) is 42.5 Å². The summed E-state index contributed by atoms with van der Waals surface area (Å²) in [5.41, 5.74) is 3.09. The van der Waals surface area contributed by atoms with Crippen molar-refractivity contribution in [2.75, 3.05) is 7.11 Å². The number of hydrogen-bond donors (Lipinski definition) is 1. The molecule has 0 saturated heterocycles. The molecular weight excluding hydrogens is 382 g/mol. The van der Waals surface area contributed by atoms with Gasteiger partial charge in [0.25, 0.3) is 5.91 Å². The van der Waals surface area contributed by atoms with E-state index in [1.165, 1.54) is 6.33 Å². The summed E-state index contributed by atoms with van der Waals surface area (Å²) in [6.07, 6.45) is 1.50. The fraction of sp³-hybridized carbons (Fsp3) is 0.105. The molecule has 0 fully saturated rings. The van der Waals surface area contributed by atoms with Crippen LogP contribution in [0.3, 0.4) is 0 Å². The second kappa shape index (κ2) is 7.90. The lowest BCUT2D eigenvalue weighted by molar-refractivity contribution is 0.0950. The molecule has 2 aromatic carbocycles. The third-order valence-corrected chi connectivity index (χ3v) is 4.12. The van der Waals surface area contributed by atoms with Crippen molar-refractivity contribution in [1.29, 1.82) is 0 Å². The van der Waals surface area contributed by atoms with E-state index in [2.05, 4.69) is 31.2 Å². The van der Waals surface area contributed by atoms with Crippen molar-refractivity contribution in [2.24, 2.45) is 0 Å². The fourth-order valence-electron chi connectivity index (χ4n) is 2.32. The molecule has 0 spiro atoms.